The van der Waals surface area contributed by atoms with Crippen LogP contribution < -0.4 is 0 Å². The van der Waals surface area contributed by atoms with E-state index in [0.717, 1.165) is 12.8 Å². The van der Waals surface area contributed by atoms with Gasteiger partial charge in [-0.05, 0) is 131 Å². The van der Waals surface area contributed by atoms with Crippen molar-refractivity contribution in [2.75, 3.05) is 0 Å². The lowest BCUT2D eigenvalue weighted by molar-refractivity contribution is -0.297. The summed E-state index contributed by atoms with van der Waals surface area (Å²) >= 11 is 0. The van der Waals surface area contributed by atoms with E-state index in [0.29, 0.717) is 11.8 Å². The fraction of sp³-hybridized carbons (Fsp3) is 0.882. The van der Waals surface area contributed by atoms with E-state index in [9.17, 15) is 0 Å². The normalized spacial score (nSPS) is 37.8. The molecule has 0 saturated carbocycles. The number of hydrogen-bond donors (Lipinski definition) is 0. The van der Waals surface area contributed by atoms with E-state index in [1.165, 1.54) is 77.0 Å². The zero-order valence-electron chi connectivity index (χ0n) is 26.2. The van der Waals surface area contributed by atoms with Gasteiger partial charge in [0, 0.05) is 22.2 Å². The maximum absolute atomic E-state index is 6.82. The fourth-order valence-corrected chi connectivity index (χ4v) is 8.05. The van der Waals surface area contributed by atoms with Crippen LogP contribution in [-0.2, 0) is 9.68 Å². The molecule has 0 aromatic carbocycles. The van der Waals surface area contributed by atoms with E-state index >= 15 is 0 Å². The van der Waals surface area contributed by atoms with Crippen molar-refractivity contribution in [2.24, 2.45) is 11.8 Å². The van der Waals surface area contributed by atoms with E-state index in [2.05, 4.69) is 89.8 Å². The maximum atomic E-state index is 6.82. The molecule has 0 bridgehead atoms. The summed E-state index contributed by atoms with van der Waals surface area (Å²) < 4.78 is 0. The highest BCUT2D eigenvalue weighted by atomic mass is 16.7. The molecule has 2 heterocycles. The summed E-state index contributed by atoms with van der Waals surface area (Å²) in [6, 6.07) is 0. The van der Waals surface area contributed by atoms with E-state index in [4.69, 9.17) is 9.68 Å². The highest BCUT2D eigenvalue weighted by molar-refractivity contribution is 5.06. The predicted octanol–water partition coefficient (Wildman–Crippen LogP) is 9.17. The summed E-state index contributed by atoms with van der Waals surface area (Å²) in [6.07, 6.45) is 27.6. The Morgan fingerprint density at radius 1 is 0.447 bits per heavy atom. The highest BCUT2D eigenvalue weighted by Gasteiger charge is 2.44. The molecule has 4 rings (SSSR count). The average molecular weight is 529 g/mol. The molecule has 0 spiro atoms. The van der Waals surface area contributed by atoms with Crippen LogP contribution >= 0.6 is 0 Å². The standard InChI is InChI=1S/C34H60N2O2/c1-31(2)23-13-24-32(3,4)35(31)37-29-17-11-9-15-27(19-21-29)28-16-10-12-18-30(22-20-28)38-36-33(5,6)25-14-26-34(36,7)8/h19-22,27-30H,9-18,23-26H2,1-8H3/b21-19-,22-20-/t27-,28+,29-,30+. The van der Waals surface area contributed by atoms with Crippen molar-refractivity contribution < 1.29 is 9.68 Å². The Bertz CT molecular complexity index is 726. The Balaban J connectivity index is 1.43. The molecule has 0 aromatic heterocycles. The molecule has 2 saturated heterocycles. The summed E-state index contributed by atoms with van der Waals surface area (Å²) in [5.41, 5.74) is 0.358. The number of nitrogens with zero attached hydrogens (tertiary/aromatic N) is 2. The molecule has 2 aliphatic carbocycles. The summed E-state index contributed by atoms with van der Waals surface area (Å²) in [7, 11) is 0. The minimum atomic E-state index is 0.0894. The summed E-state index contributed by atoms with van der Waals surface area (Å²) in [6.45, 7) is 18.8. The van der Waals surface area contributed by atoms with Gasteiger partial charge in [-0.25, -0.2) is 0 Å². The van der Waals surface area contributed by atoms with E-state index < -0.39 is 0 Å². The zero-order chi connectivity index (χ0) is 27.6. The van der Waals surface area contributed by atoms with Crippen molar-refractivity contribution >= 4 is 0 Å². The second-order valence-corrected chi connectivity index (χ2v) is 15.5. The van der Waals surface area contributed by atoms with Gasteiger partial charge in [0.05, 0.1) is 12.2 Å². The highest BCUT2D eigenvalue weighted by Crippen LogP contribution is 2.41. The Kier molecular flexibility index (Phi) is 9.60. The summed E-state index contributed by atoms with van der Waals surface area (Å²) in [5.74, 6) is 1.20. The maximum Gasteiger partial charge on any atom is 0.0974 e. The first-order valence-electron chi connectivity index (χ1n) is 16.1. The lowest BCUT2D eigenvalue weighted by Crippen LogP contribution is -2.59. The van der Waals surface area contributed by atoms with E-state index in [1.807, 2.05) is 0 Å². The van der Waals surface area contributed by atoms with Gasteiger partial charge < -0.3 is 0 Å². The van der Waals surface area contributed by atoms with Crippen LogP contribution in [0.2, 0.25) is 0 Å². The SMILES string of the molecule is CC1(C)CCCC(C)(C)N1O[C@@H]1/C=C\[C@@H]([C@H]2/C=C\[C@H](ON3C(C)(C)CCCC3(C)C)CCCC2)CCCC1. The van der Waals surface area contributed by atoms with E-state index in [-0.39, 0.29) is 34.4 Å². The number of hydrogen-bond acceptors (Lipinski definition) is 4. The smallest absolute Gasteiger partial charge is 0.0974 e. The van der Waals surface area contributed by atoms with Crippen LogP contribution in [-0.4, -0.2) is 44.5 Å². The lowest BCUT2D eigenvalue weighted by atomic mass is 9.80. The van der Waals surface area contributed by atoms with Gasteiger partial charge in [0.15, 0.2) is 0 Å². The van der Waals surface area contributed by atoms with Crippen LogP contribution in [0.1, 0.15) is 145 Å². The molecule has 2 aliphatic heterocycles. The molecule has 0 unspecified atom stereocenters. The number of allylic oxidation sites excluding steroid dienone is 2. The van der Waals surface area contributed by atoms with Crippen molar-refractivity contribution in [3.8, 4) is 0 Å². The van der Waals surface area contributed by atoms with Gasteiger partial charge in [0.25, 0.3) is 0 Å². The third-order valence-electron chi connectivity index (χ3n) is 10.1. The first-order valence-corrected chi connectivity index (χ1v) is 16.1. The molecule has 2 fully saturated rings. The minimum absolute atomic E-state index is 0.0894. The van der Waals surface area contributed by atoms with Crippen LogP contribution in [0.3, 0.4) is 0 Å². The van der Waals surface area contributed by atoms with Crippen molar-refractivity contribution in [3.05, 3.63) is 24.3 Å². The Hall–Kier alpha value is -0.680. The Labute approximate surface area is 235 Å². The Morgan fingerprint density at radius 3 is 1.11 bits per heavy atom. The van der Waals surface area contributed by atoms with E-state index in [1.54, 1.807) is 0 Å². The Morgan fingerprint density at radius 2 is 0.763 bits per heavy atom. The third kappa shape index (κ3) is 7.33. The van der Waals surface area contributed by atoms with Crippen LogP contribution in [0.4, 0.5) is 0 Å². The topological polar surface area (TPSA) is 24.9 Å². The van der Waals surface area contributed by atoms with Crippen molar-refractivity contribution in [3.63, 3.8) is 0 Å². The number of rotatable bonds is 5. The van der Waals surface area contributed by atoms with Crippen molar-refractivity contribution in [1.82, 2.24) is 10.1 Å². The molecule has 0 radical (unpaired) electrons. The number of piperidine rings is 2. The minimum Gasteiger partial charge on any atom is -0.291 e. The largest absolute Gasteiger partial charge is 0.291 e. The van der Waals surface area contributed by atoms with Gasteiger partial charge in [-0.2, -0.15) is 10.1 Å². The molecular formula is C34H60N2O2. The fourth-order valence-electron chi connectivity index (χ4n) is 8.05. The molecular weight excluding hydrogens is 468 g/mol. The van der Waals surface area contributed by atoms with Crippen molar-refractivity contribution in [1.29, 1.82) is 0 Å². The molecule has 4 nitrogen and oxygen atoms in total. The molecule has 0 aromatic rings. The predicted molar refractivity (Wildman–Crippen MR) is 160 cm³/mol. The van der Waals surface area contributed by atoms with Crippen molar-refractivity contribution in [2.45, 2.75) is 180 Å². The first kappa shape index (κ1) is 30.3. The van der Waals surface area contributed by atoms with Gasteiger partial charge >= 0.3 is 0 Å². The summed E-state index contributed by atoms with van der Waals surface area (Å²) in [5, 5.41) is 4.71. The van der Waals surface area contributed by atoms with Crippen LogP contribution in [0.25, 0.3) is 0 Å². The molecule has 4 aliphatic rings. The van der Waals surface area contributed by atoms with Gasteiger partial charge in [0.2, 0.25) is 0 Å². The number of hydroxylamine groups is 4. The van der Waals surface area contributed by atoms with Gasteiger partial charge in [0.1, 0.15) is 0 Å². The molecule has 4 atom stereocenters. The molecule has 0 N–H and O–H groups in total. The molecule has 4 heteroatoms. The van der Waals surface area contributed by atoms with Gasteiger partial charge in [-0.15, -0.1) is 0 Å². The first-order chi connectivity index (χ1) is 17.8. The molecule has 218 valence electrons. The molecule has 38 heavy (non-hydrogen) atoms. The van der Waals surface area contributed by atoms with Gasteiger partial charge in [-0.3, -0.25) is 9.68 Å². The van der Waals surface area contributed by atoms with Crippen LogP contribution in [0.5, 0.6) is 0 Å². The van der Waals surface area contributed by atoms with Crippen LogP contribution in [0, 0.1) is 11.8 Å². The zero-order valence-corrected chi connectivity index (χ0v) is 26.2. The summed E-state index contributed by atoms with van der Waals surface area (Å²) in [4.78, 5) is 13.6. The van der Waals surface area contributed by atoms with Gasteiger partial charge in [-0.1, -0.05) is 50.0 Å². The second-order valence-electron chi connectivity index (χ2n) is 15.5. The monoisotopic (exact) mass is 528 g/mol. The third-order valence-corrected chi connectivity index (χ3v) is 10.1. The quantitative estimate of drug-likeness (QED) is 0.332. The van der Waals surface area contributed by atoms with Crippen LogP contribution in [0.15, 0.2) is 24.3 Å². The lowest BCUT2D eigenvalue weighted by Gasteiger charge is -2.52. The average Bonchev–Trinajstić information content (AvgIpc) is 2.76. The second kappa shape index (κ2) is 12.0. The molecule has 0 amide bonds.